The molecule has 2 aromatic carbocycles. The van der Waals surface area contributed by atoms with E-state index >= 15 is 0 Å². The van der Waals surface area contributed by atoms with E-state index in [-0.39, 0.29) is 23.9 Å². The molecule has 3 rings (SSSR count). The predicted molar refractivity (Wildman–Crippen MR) is 150 cm³/mol. The molecule has 0 saturated heterocycles. The third kappa shape index (κ3) is 8.85. The van der Waals surface area contributed by atoms with Crippen LogP contribution in [0.1, 0.15) is 67.6 Å². The van der Waals surface area contributed by atoms with Gasteiger partial charge < -0.3 is 14.4 Å². The van der Waals surface area contributed by atoms with Gasteiger partial charge in [-0.3, -0.25) is 9.59 Å². The summed E-state index contributed by atoms with van der Waals surface area (Å²) < 4.78 is 17.0. The topological polar surface area (TPSA) is 45.6 Å². The third-order valence-electron chi connectivity index (χ3n) is 6.39. The lowest BCUT2D eigenvalue weighted by molar-refractivity contribution is -0.132. The van der Waals surface area contributed by atoms with Crippen LogP contribution < -0.4 is 0 Å². The van der Waals surface area contributed by atoms with Crippen molar-refractivity contribution in [3.63, 3.8) is 0 Å². The molecule has 0 aliphatic carbocycles. The van der Waals surface area contributed by atoms with E-state index in [2.05, 4.69) is 46.5 Å². The summed E-state index contributed by atoms with van der Waals surface area (Å²) in [5, 5.41) is 0. The van der Waals surface area contributed by atoms with E-state index in [9.17, 15) is 14.0 Å². The summed E-state index contributed by atoms with van der Waals surface area (Å²) >= 11 is 3.48. The Labute approximate surface area is 228 Å². The molecule has 5 nitrogen and oxygen atoms in total. The lowest BCUT2D eigenvalue weighted by Gasteiger charge is -2.28. The summed E-state index contributed by atoms with van der Waals surface area (Å²) in [5.41, 5.74) is 2.49. The van der Waals surface area contributed by atoms with E-state index in [4.69, 9.17) is 0 Å². The van der Waals surface area contributed by atoms with Crippen LogP contribution in [0.25, 0.3) is 0 Å². The minimum absolute atomic E-state index is 0.0177. The lowest BCUT2D eigenvalue weighted by Crippen LogP contribution is -2.43. The lowest BCUT2D eigenvalue weighted by atomic mass is 10.1. The molecule has 0 fully saturated rings. The first-order valence-electron chi connectivity index (χ1n) is 13.1. The standard InChI is InChI=1S/C30H37BrFN3O2/c1-3-5-7-18-35(30(37)25-10-8-11-27(32)20-25)23-29(36)34(17-6-4-2)22-28-12-9-19-33(28)21-24-13-15-26(31)16-14-24/h8-16,19-20H,3-7,17-18,21-23H2,1-2H3. The average molecular weight is 571 g/mol. The van der Waals surface area contributed by atoms with Crippen molar-refractivity contribution in [2.45, 2.75) is 59.0 Å². The van der Waals surface area contributed by atoms with Crippen LogP contribution in [0.2, 0.25) is 0 Å². The van der Waals surface area contributed by atoms with Crippen molar-refractivity contribution >= 4 is 27.7 Å². The molecule has 7 heteroatoms. The van der Waals surface area contributed by atoms with Crippen molar-refractivity contribution < 1.29 is 14.0 Å². The Hall–Kier alpha value is -2.93. The molecule has 1 aromatic heterocycles. The molecule has 0 bridgehead atoms. The SMILES string of the molecule is CCCCCN(CC(=O)N(CCCC)Cc1cccn1Cc1ccc(Br)cc1)C(=O)c1cccc(F)c1. The summed E-state index contributed by atoms with van der Waals surface area (Å²) in [6.45, 7) is 6.46. The Bertz CT molecular complexity index is 1150. The first-order valence-corrected chi connectivity index (χ1v) is 13.9. The smallest absolute Gasteiger partial charge is 0.254 e. The molecule has 0 spiro atoms. The minimum Gasteiger partial charge on any atom is -0.345 e. The molecule has 0 saturated carbocycles. The van der Waals surface area contributed by atoms with E-state index in [0.29, 0.717) is 26.2 Å². The highest BCUT2D eigenvalue weighted by molar-refractivity contribution is 9.10. The number of halogens is 2. The molecule has 0 aliphatic rings. The van der Waals surface area contributed by atoms with Gasteiger partial charge in [-0.1, -0.05) is 67.2 Å². The van der Waals surface area contributed by atoms with Gasteiger partial charge in [-0.05, 0) is 60.9 Å². The van der Waals surface area contributed by atoms with Crippen molar-refractivity contribution in [2.75, 3.05) is 19.6 Å². The van der Waals surface area contributed by atoms with E-state index in [1.807, 2.05) is 35.4 Å². The number of rotatable bonds is 14. The van der Waals surface area contributed by atoms with Gasteiger partial charge in [0.15, 0.2) is 0 Å². The maximum atomic E-state index is 13.8. The third-order valence-corrected chi connectivity index (χ3v) is 6.92. The number of aromatic nitrogens is 1. The van der Waals surface area contributed by atoms with Crippen LogP contribution in [0.4, 0.5) is 4.39 Å². The molecule has 2 amide bonds. The van der Waals surface area contributed by atoms with Crippen LogP contribution in [0, 0.1) is 5.82 Å². The number of benzene rings is 2. The van der Waals surface area contributed by atoms with Gasteiger partial charge in [0, 0.05) is 41.6 Å². The molecule has 1 heterocycles. The quantitative estimate of drug-likeness (QED) is 0.198. The molecule has 0 aliphatic heterocycles. The Balaban J connectivity index is 1.76. The number of nitrogens with zero attached hydrogens (tertiary/aromatic N) is 3. The Morgan fingerprint density at radius 3 is 2.32 bits per heavy atom. The fraction of sp³-hybridized carbons (Fsp3) is 0.400. The van der Waals surface area contributed by atoms with Gasteiger partial charge in [-0.2, -0.15) is 0 Å². The van der Waals surface area contributed by atoms with Gasteiger partial charge in [-0.15, -0.1) is 0 Å². The molecule has 37 heavy (non-hydrogen) atoms. The van der Waals surface area contributed by atoms with Gasteiger partial charge in [-0.25, -0.2) is 4.39 Å². The second kappa shape index (κ2) is 14.7. The summed E-state index contributed by atoms with van der Waals surface area (Å²) in [6, 6.07) is 18.0. The van der Waals surface area contributed by atoms with E-state index < -0.39 is 5.82 Å². The van der Waals surface area contributed by atoms with Gasteiger partial charge in [0.2, 0.25) is 5.91 Å². The summed E-state index contributed by atoms with van der Waals surface area (Å²) in [5.74, 6) is -0.856. The van der Waals surface area contributed by atoms with Crippen molar-refractivity contribution in [3.8, 4) is 0 Å². The van der Waals surface area contributed by atoms with E-state index in [1.165, 1.54) is 23.8 Å². The monoisotopic (exact) mass is 569 g/mol. The minimum atomic E-state index is -0.457. The van der Waals surface area contributed by atoms with Crippen LogP contribution in [0.15, 0.2) is 71.3 Å². The number of hydrogen-bond acceptors (Lipinski definition) is 2. The number of carbonyl (C=O) groups is 2. The first kappa shape index (κ1) is 28.6. The van der Waals surface area contributed by atoms with Crippen LogP contribution in [-0.4, -0.2) is 45.8 Å². The molecule has 0 atom stereocenters. The Kier molecular flexibility index (Phi) is 11.4. The maximum Gasteiger partial charge on any atom is 0.254 e. The van der Waals surface area contributed by atoms with E-state index in [1.54, 1.807) is 11.0 Å². The van der Waals surface area contributed by atoms with Gasteiger partial charge in [0.25, 0.3) is 5.91 Å². The molecule has 0 unspecified atom stereocenters. The summed E-state index contributed by atoms with van der Waals surface area (Å²) in [6.07, 6.45) is 6.65. The highest BCUT2D eigenvalue weighted by Crippen LogP contribution is 2.16. The Morgan fingerprint density at radius 1 is 0.892 bits per heavy atom. The zero-order valence-corrected chi connectivity index (χ0v) is 23.4. The van der Waals surface area contributed by atoms with Gasteiger partial charge in [0.05, 0.1) is 6.54 Å². The highest BCUT2D eigenvalue weighted by atomic mass is 79.9. The fourth-order valence-corrected chi connectivity index (χ4v) is 4.51. The summed E-state index contributed by atoms with van der Waals surface area (Å²) in [7, 11) is 0. The van der Waals surface area contributed by atoms with Crippen LogP contribution in [0.3, 0.4) is 0 Å². The molecule has 3 aromatic rings. The summed E-state index contributed by atoms with van der Waals surface area (Å²) in [4.78, 5) is 30.2. The van der Waals surface area contributed by atoms with Crippen LogP contribution in [-0.2, 0) is 17.9 Å². The van der Waals surface area contributed by atoms with E-state index in [0.717, 1.165) is 42.3 Å². The second-order valence-corrected chi connectivity index (χ2v) is 10.3. The average Bonchev–Trinajstić information content (AvgIpc) is 3.33. The predicted octanol–water partition coefficient (Wildman–Crippen LogP) is 6.90. The van der Waals surface area contributed by atoms with Crippen molar-refractivity contribution in [1.29, 1.82) is 0 Å². The maximum absolute atomic E-state index is 13.8. The van der Waals surface area contributed by atoms with Gasteiger partial charge in [0.1, 0.15) is 12.4 Å². The number of hydrogen-bond donors (Lipinski definition) is 0. The number of amides is 2. The Morgan fingerprint density at radius 2 is 1.62 bits per heavy atom. The number of unbranched alkanes of at least 4 members (excludes halogenated alkanes) is 3. The zero-order chi connectivity index (χ0) is 26.6. The largest absolute Gasteiger partial charge is 0.345 e. The van der Waals surface area contributed by atoms with Gasteiger partial charge >= 0.3 is 0 Å². The van der Waals surface area contributed by atoms with Crippen LogP contribution in [0.5, 0.6) is 0 Å². The normalized spacial score (nSPS) is 10.9. The molecule has 198 valence electrons. The fourth-order valence-electron chi connectivity index (χ4n) is 4.24. The molecule has 0 radical (unpaired) electrons. The highest BCUT2D eigenvalue weighted by Gasteiger charge is 2.23. The number of carbonyl (C=O) groups excluding carboxylic acids is 2. The molecular formula is C30H37BrFN3O2. The van der Waals surface area contributed by atoms with Crippen molar-refractivity contribution in [2.24, 2.45) is 0 Å². The van der Waals surface area contributed by atoms with Crippen molar-refractivity contribution in [1.82, 2.24) is 14.4 Å². The molecule has 0 N–H and O–H groups in total. The van der Waals surface area contributed by atoms with Crippen molar-refractivity contribution in [3.05, 3.63) is 94.0 Å². The van der Waals surface area contributed by atoms with Crippen LogP contribution >= 0.6 is 15.9 Å². The first-order chi connectivity index (χ1) is 17.9. The second-order valence-electron chi connectivity index (χ2n) is 9.37. The zero-order valence-electron chi connectivity index (χ0n) is 21.8. The molecular weight excluding hydrogens is 533 g/mol.